The Bertz CT molecular complexity index is 225. The summed E-state index contributed by atoms with van der Waals surface area (Å²) >= 11 is 0. The highest BCUT2D eigenvalue weighted by molar-refractivity contribution is 5.75. The van der Waals surface area contributed by atoms with Crippen LogP contribution in [0.5, 0.6) is 0 Å². The van der Waals surface area contributed by atoms with Gasteiger partial charge in [0.2, 0.25) is 5.91 Å². The SMILES string of the molecule is CC(C)(C)C1CCC(CNCC(N)=O)CC1. The lowest BCUT2D eigenvalue weighted by molar-refractivity contribution is -0.117. The van der Waals surface area contributed by atoms with Gasteiger partial charge in [-0.15, -0.1) is 0 Å². The Kier molecular flexibility index (Phi) is 4.78. The monoisotopic (exact) mass is 226 g/mol. The lowest BCUT2D eigenvalue weighted by Crippen LogP contribution is -2.34. The fraction of sp³-hybridized carbons (Fsp3) is 0.923. The lowest BCUT2D eigenvalue weighted by Gasteiger charge is -2.37. The van der Waals surface area contributed by atoms with E-state index in [1.54, 1.807) is 0 Å². The van der Waals surface area contributed by atoms with Crippen LogP contribution < -0.4 is 11.1 Å². The molecule has 0 bridgehead atoms. The molecule has 0 aromatic rings. The topological polar surface area (TPSA) is 55.1 Å². The number of carbonyl (C=O) groups is 1. The van der Waals surface area contributed by atoms with Gasteiger partial charge < -0.3 is 11.1 Å². The van der Waals surface area contributed by atoms with Crippen LogP contribution in [-0.4, -0.2) is 19.0 Å². The largest absolute Gasteiger partial charge is 0.369 e. The molecule has 0 aromatic carbocycles. The molecule has 0 radical (unpaired) electrons. The van der Waals surface area contributed by atoms with Crippen LogP contribution in [0.25, 0.3) is 0 Å². The number of amides is 1. The van der Waals surface area contributed by atoms with E-state index in [9.17, 15) is 4.79 Å². The predicted octanol–water partition coefficient (Wildman–Crippen LogP) is 1.91. The minimum atomic E-state index is -0.261. The van der Waals surface area contributed by atoms with Crippen LogP contribution >= 0.6 is 0 Å². The van der Waals surface area contributed by atoms with E-state index in [1.165, 1.54) is 25.7 Å². The Hall–Kier alpha value is -0.570. The maximum atomic E-state index is 10.6. The lowest BCUT2D eigenvalue weighted by atomic mass is 9.70. The smallest absolute Gasteiger partial charge is 0.231 e. The van der Waals surface area contributed by atoms with E-state index in [-0.39, 0.29) is 5.91 Å². The van der Waals surface area contributed by atoms with Crippen molar-refractivity contribution in [1.82, 2.24) is 5.32 Å². The van der Waals surface area contributed by atoms with E-state index < -0.39 is 0 Å². The van der Waals surface area contributed by atoms with Gasteiger partial charge in [0.1, 0.15) is 0 Å². The van der Waals surface area contributed by atoms with Crippen molar-refractivity contribution in [1.29, 1.82) is 0 Å². The van der Waals surface area contributed by atoms with Crippen LogP contribution in [0.3, 0.4) is 0 Å². The molecule has 0 aromatic heterocycles. The normalized spacial score (nSPS) is 26.7. The predicted molar refractivity (Wildman–Crippen MR) is 67.0 cm³/mol. The minimum Gasteiger partial charge on any atom is -0.369 e. The molecule has 0 aliphatic heterocycles. The average Bonchev–Trinajstić information content (AvgIpc) is 2.16. The highest BCUT2D eigenvalue weighted by Crippen LogP contribution is 2.39. The van der Waals surface area contributed by atoms with Gasteiger partial charge in [-0.1, -0.05) is 20.8 Å². The molecule has 1 amide bonds. The van der Waals surface area contributed by atoms with E-state index in [2.05, 4.69) is 26.1 Å². The molecule has 3 heteroatoms. The summed E-state index contributed by atoms with van der Waals surface area (Å²) in [5, 5.41) is 3.13. The molecule has 1 saturated carbocycles. The number of primary amides is 1. The van der Waals surface area contributed by atoms with Crippen LogP contribution in [-0.2, 0) is 4.79 Å². The van der Waals surface area contributed by atoms with Crippen LogP contribution in [0.1, 0.15) is 46.5 Å². The highest BCUT2D eigenvalue weighted by Gasteiger charge is 2.29. The second-order valence-corrected chi connectivity index (χ2v) is 6.18. The van der Waals surface area contributed by atoms with Crippen LogP contribution in [0.15, 0.2) is 0 Å². The number of nitrogens with one attached hydrogen (secondary N) is 1. The summed E-state index contributed by atoms with van der Waals surface area (Å²) in [6.07, 6.45) is 5.22. The first-order chi connectivity index (χ1) is 7.39. The second-order valence-electron chi connectivity index (χ2n) is 6.18. The van der Waals surface area contributed by atoms with E-state index >= 15 is 0 Å². The molecule has 3 N–H and O–H groups in total. The maximum Gasteiger partial charge on any atom is 0.231 e. The Balaban J connectivity index is 2.19. The first-order valence-corrected chi connectivity index (χ1v) is 6.38. The van der Waals surface area contributed by atoms with Gasteiger partial charge >= 0.3 is 0 Å². The van der Waals surface area contributed by atoms with Gasteiger partial charge in [0.15, 0.2) is 0 Å². The van der Waals surface area contributed by atoms with Crippen molar-refractivity contribution in [2.24, 2.45) is 23.0 Å². The van der Waals surface area contributed by atoms with Crippen molar-refractivity contribution in [2.75, 3.05) is 13.1 Å². The molecule has 0 atom stereocenters. The zero-order chi connectivity index (χ0) is 12.2. The molecule has 1 rings (SSSR count). The van der Waals surface area contributed by atoms with Crippen molar-refractivity contribution in [3.63, 3.8) is 0 Å². The molecule has 1 aliphatic carbocycles. The summed E-state index contributed by atoms with van der Waals surface area (Å²) in [6.45, 7) is 8.27. The summed E-state index contributed by atoms with van der Waals surface area (Å²) in [5.41, 5.74) is 5.54. The third-order valence-corrected chi connectivity index (χ3v) is 3.80. The number of hydrogen-bond donors (Lipinski definition) is 2. The van der Waals surface area contributed by atoms with Gasteiger partial charge in [-0.2, -0.15) is 0 Å². The fourth-order valence-corrected chi connectivity index (χ4v) is 2.63. The van der Waals surface area contributed by atoms with E-state index in [0.29, 0.717) is 12.0 Å². The summed E-state index contributed by atoms with van der Waals surface area (Å²) < 4.78 is 0. The molecule has 0 spiro atoms. The summed E-state index contributed by atoms with van der Waals surface area (Å²) in [5.74, 6) is 1.33. The Morgan fingerprint density at radius 1 is 1.25 bits per heavy atom. The van der Waals surface area contributed by atoms with Gasteiger partial charge in [0, 0.05) is 0 Å². The van der Waals surface area contributed by atoms with Crippen LogP contribution in [0, 0.1) is 17.3 Å². The summed E-state index contributed by atoms with van der Waals surface area (Å²) in [6, 6.07) is 0. The third-order valence-electron chi connectivity index (χ3n) is 3.80. The van der Waals surface area contributed by atoms with Crippen LogP contribution in [0.2, 0.25) is 0 Å². The summed E-state index contributed by atoms with van der Waals surface area (Å²) in [4.78, 5) is 10.6. The van der Waals surface area contributed by atoms with Gasteiger partial charge in [0.05, 0.1) is 6.54 Å². The Morgan fingerprint density at radius 3 is 2.25 bits per heavy atom. The first kappa shape index (κ1) is 13.5. The number of nitrogens with two attached hydrogens (primary N) is 1. The second kappa shape index (κ2) is 5.67. The Morgan fingerprint density at radius 2 is 1.81 bits per heavy atom. The molecule has 1 fully saturated rings. The fourth-order valence-electron chi connectivity index (χ4n) is 2.63. The third kappa shape index (κ3) is 4.52. The zero-order valence-corrected chi connectivity index (χ0v) is 10.9. The van der Waals surface area contributed by atoms with Crippen molar-refractivity contribution in [3.05, 3.63) is 0 Å². The molecule has 0 saturated heterocycles. The molecule has 0 unspecified atom stereocenters. The van der Waals surface area contributed by atoms with E-state index in [1.807, 2.05) is 0 Å². The van der Waals surface area contributed by atoms with Crippen molar-refractivity contribution < 1.29 is 4.79 Å². The van der Waals surface area contributed by atoms with Gasteiger partial charge in [-0.3, -0.25) is 4.79 Å². The van der Waals surface area contributed by atoms with Gasteiger partial charge in [-0.05, 0) is 49.5 Å². The molecule has 94 valence electrons. The van der Waals surface area contributed by atoms with E-state index in [4.69, 9.17) is 5.73 Å². The quantitative estimate of drug-likeness (QED) is 0.769. The number of rotatable bonds is 4. The zero-order valence-electron chi connectivity index (χ0n) is 10.9. The standard InChI is InChI=1S/C13H26N2O/c1-13(2,3)11-6-4-10(5-7-11)8-15-9-12(14)16/h10-11,15H,4-9H2,1-3H3,(H2,14,16). The molecule has 16 heavy (non-hydrogen) atoms. The van der Waals surface area contributed by atoms with Crippen molar-refractivity contribution in [2.45, 2.75) is 46.5 Å². The molecular weight excluding hydrogens is 200 g/mol. The van der Waals surface area contributed by atoms with Gasteiger partial charge in [-0.25, -0.2) is 0 Å². The average molecular weight is 226 g/mol. The van der Waals surface area contributed by atoms with Crippen molar-refractivity contribution in [3.8, 4) is 0 Å². The summed E-state index contributed by atoms with van der Waals surface area (Å²) in [7, 11) is 0. The highest BCUT2D eigenvalue weighted by atomic mass is 16.1. The molecular formula is C13H26N2O. The maximum absolute atomic E-state index is 10.6. The molecule has 1 aliphatic rings. The molecule has 3 nitrogen and oxygen atoms in total. The molecule has 0 heterocycles. The number of carbonyl (C=O) groups excluding carboxylic acids is 1. The van der Waals surface area contributed by atoms with E-state index in [0.717, 1.165) is 18.4 Å². The Labute approximate surface area is 99.2 Å². The minimum absolute atomic E-state index is 0.261. The first-order valence-electron chi connectivity index (χ1n) is 6.38. The van der Waals surface area contributed by atoms with Gasteiger partial charge in [0.25, 0.3) is 0 Å². The number of hydrogen-bond acceptors (Lipinski definition) is 2. The van der Waals surface area contributed by atoms with Crippen molar-refractivity contribution >= 4 is 5.91 Å². The van der Waals surface area contributed by atoms with Crippen LogP contribution in [0.4, 0.5) is 0 Å².